The van der Waals surface area contributed by atoms with Crippen LogP contribution in [0, 0.1) is 0 Å². The molecule has 0 fully saturated rings. The van der Waals surface area contributed by atoms with Crippen molar-refractivity contribution in [2.45, 2.75) is 12.5 Å². The van der Waals surface area contributed by atoms with E-state index in [2.05, 4.69) is 27.5 Å². The molecule has 0 saturated carbocycles. The minimum absolute atomic E-state index is 0.0575. The first kappa shape index (κ1) is 14.3. The molecule has 4 aromatic rings. The molecule has 6 nitrogen and oxygen atoms in total. The van der Waals surface area contributed by atoms with Gasteiger partial charge in [-0.25, -0.2) is 4.98 Å². The maximum atomic E-state index is 6.05. The zero-order chi connectivity index (χ0) is 16.4. The fourth-order valence-corrected chi connectivity index (χ4v) is 2.80. The Morgan fingerprint density at radius 2 is 2.00 bits per heavy atom. The molecule has 1 unspecified atom stereocenters. The molecule has 3 aromatic heterocycles. The van der Waals surface area contributed by atoms with Crippen molar-refractivity contribution < 1.29 is 4.42 Å². The van der Waals surface area contributed by atoms with E-state index >= 15 is 0 Å². The van der Waals surface area contributed by atoms with Gasteiger partial charge in [0.15, 0.2) is 5.65 Å². The van der Waals surface area contributed by atoms with Crippen LogP contribution in [-0.4, -0.2) is 14.6 Å². The molecule has 0 amide bonds. The zero-order valence-electron chi connectivity index (χ0n) is 13.0. The largest absolute Gasteiger partial charge is 0.469 e. The van der Waals surface area contributed by atoms with Crippen LogP contribution in [0.15, 0.2) is 71.6 Å². The summed E-state index contributed by atoms with van der Waals surface area (Å²) in [7, 11) is 0. The number of benzene rings is 1. The summed E-state index contributed by atoms with van der Waals surface area (Å²) < 4.78 is 7.12. The first-order valence-corrected chi connectivity index (χ1v) is 7.73. The number of nitrogens with zero attached hydrogens (tertiary/aromatic N) is 3. The topological polar surface area (TPSA) is 81.4 Å². The van der Waals surface area contributed by atoms with Crippen LogP contribution >= 0.6 is 0 Å². The average Bonchev–Trinajstić information content (AvgIpc) is 3.27. The molecule has 0 aliphatic heterocycles. The van der Waals surface area contributed by atoms with Crippen LogP contribution in [0.25, 0.3) is 5.65 Å². The van der Waals surface area contributed by atoms with Crippen LogP contribution in [-0.2, 0) is 6.42 Å². The summed E-state index contributed by atoms with van der Waals surface area (Å²) in [5, 5.41) is 7.63. The molecule has 24 heavy (non-hydrogen) atoms. The van der Waals surface area contributed by atoms with Gasteiger partial charge in [-0.05, 0) is 17.7 Å². The third-order valence-electron chi connectivity index (χ3n) is 3.93. The molecule has 1 atom stereocenters. The quantitative estimate of drug-likeness (QED) is 0.590. The third kappa shape index (κ3) is 2.81. The second-order valence-electron chi connectivity index (χ2n) is 5.59. The van der Waals surface area contributed by atoms with Gasteiger partial charge in [-0.3, -0.25) is 0 Å². The Balaban J connectivity index is 1.67. The van der Waals surface area contributed by atoms with Crippen LogP contribution in [0.1, 0.15) is 17.4 Å². The van der Waals surface area contributed by atoms with Crippen molar-refractivity contribution in [3.05, 3.63) is 78.5 Å². The van der Waals surface area contributed by atoms with E-state index in [-0.39, 0.29) is 6.04 Å². The van der Waals surface area contributed by atoms with Gasteiger partial charge in [0, 0.05) is 24.2 Å². The number of nitrogen functional groups attached to an aromatic ring is 1. The Hall–Kier alpha value is -3.28. The lowest BCUT2D eigenvalue weighted by molar-refractivity contribution is 0.495. The number of nitrogens with one attached hydrogen (secondary N) is 1. The van der Waals surface area contributed by atoms with Crippen LogP contribution in [0.5, 0.6) is 0 Å². The summed E-state index contributed by atoms with van der Waals surface area (Å²) in [4.78, 5) is 4.21. The average molecular weight is 319 g/mol. The highest BCUT2D eigenvalue weighted by Gasteiger charge is 2.15. The number of fused-ring (bicyclic) bond motifs is 1. The number of aromatic nitrogens is 3. The molecule has 3 heterocycles. The summed E-state index contributed by atoms with van der Waals surface area (Å²) in [6.07, 6.45) is 3.92. The van der Waals surface area contributed by atoms with E-state index in [4.69, 9.17) is 10.2 Å². The van der Waals surface area contributed by atoms with Gasteiger partial charge in [0.05, 0.1) is 12.3 Å². The molecule has 0 saturated heterocycles. The predicted octanol–water partition coefficient (Wildman–Crippen LogP) is 3.30. The van der Waals surface area contributed by atoms with Crippen molar-refractivity contribution in [3.8, 4) is 0 Å². The highest BCUT2D eigenvalue weighted by molar-refractivity contribution is 5.61. The van der Waals surface area contributed by atoms with Crippen molar-refractivity contribution in [1.82, 2.24) is 14.6 Å². The highest BCUT2D eigenvalue weighted by Crippen LogP contribution is 2.25. The normalized spacial score (nSPS) is 12.3. The van der Waals surface area contributed by atoms with Crippen LogP contribution in [0.4, 0.5) is 11.5 Å². The summed E-state index contributed by atoms with van der Waals surface area (Å²) in [6, 6.07) is 18.0. The van der Waals surface area contributed by atoms with Crippen LogP contribution < -0.4 is 11.1 Å². The second-order valence-corrected chi connectivity index (χ2v) is 5.59. The van der Waals surface area contributed by atoms with E-state index < -0.39 is 0 Å². The molecule has 0 radical (unpaired) electrons. The number of furan rings is 1. The maximum absolute atomic E-state index is 6.05. The summed E-state index contributed by atoms with van der Waals surface area (Å²) >= 11 is 0. The summed E-state index contributed by atoms with van der Waals surface area (Å²) in [5.41, 5.74) is 8.84. The monoisotopic (exact) mass is 319 g/mol. The molecule has 1 aromatic carbocycles. The molecule has 0 aliphatic carbocycles. The maximum Gasteiger partial charge on any atom is 0.159 e. The lowest BCUT2D eigenvalue weighted by atomic mass is 10.0. The van der Waals surface area contributed by atoms with Crippen LogP contribution in [0.2, 0.25) is 0 Å². The molecule has 120 valence electrons. The van der Waals surface area contributed by atoms with Gasteiger partial charge in [-0.1, -0.05) is 30.3 Å². The fraction of sp³-hybridized carbons (Fsp3) is 0.111. The standard InChI is InChI=1S/C18H17N5O/c19-17-9-14(10-18-20-12-21-23(17)18)22-16(11-15-7-4-8-24-15)13-5-2-1-3-6-13/h1-10,12,16,22H,11,19H2. The van der Waals surface area contributed by atoms with Gasteiger partial charge in [0.1, 0.15) is 17.9 Å². The molecular weight excluding hydrogens is 302 g/mol. The van der Waals surface area contributed by atoms with Gasteiger partial charge in [-0.2, -0.15) is 9.61 Å². The summed E-state index contributed by atoms with van der Waals surface area (Å²) in [6.45, 7) is 0. The Morgan fingerprint density at radius 3 is 2.79 bits per heavy atom. The lowest BCUT2D eigenvalue weighted by Gasteiger charge is -2.20. The third-order valence-corrected chi connectivity index (χ3v) is 3.93. The first-order chi connectivity index (χ1) is 11.8. The first-order valence-electron chi connectivity index (χ1n) is 7.73. The Kier molecular flexibility index (Phi) is 3.63. The number of hydrogen-bond donors (Lipinski definition) is 2. The van der Waals surface area contributed by atoms with E-state index in [9.17, 15) is 0 Å². The lowest BCUT2D eigenvalue weighted by Crippen LogP contribution is -2.14. The highest BCUT2D eigenvalue weighted by atomic mass is 16.3. The van der Waals surface area contributed by atoms with Gasteiger partial charge < -0.3 is 15.5 Å². The van der Waals surface area contributed by atoms with Gasteiger partial charge in [0.25, 0.3) is 0 Å². The van der Waals surface area contributed by atoms with E-state index in [1.165, 1.54) is 11.9 Å². The van der Waals surface area contributed by atoms with Crippen molar-refractivity contribution in [2.24, 2.45) is 0 Å². The van der Waals surface area contributed by atoms with Gasteiger partial charge >= 0.3 is 0 Å². The Morgan fingerprint density at radius 1 is 1.12 bits per heavy atom. The van der Waals surface area contributed by atoms with Crippen molar-refractivity contribution in [1.29, 1.82) is 0 Å². The van der Waals surface area contributed by atoms with Gasteiger partial charge in [0.2, 0.25) is 0 Å². The Labute approximate surface area is 138 Å². The van der Waals surface area contributed by atoms with Crippen LogP contribution in [0.3, 0.4) is 0 Å². The molecular formula is C18H17N5O. The van der Waals surface area contributed by atoms with Crippen molar-refractivity contribution in [3.63, 3.8) is 0 Å². The zero-order valence-corrected chi connectivity index (χ0v) is 13.0. The minimum atomic E-state index is 0.0575. The van der Waals surface area contributed by atoms with E-state index in [1.807, 2.05) is 42.5 Å². The number of anilines is 2. The van der Waals surface area contributed by atoms with Crippen molar-refractivity contribution >= 4 is 17.2 Å². The SMILES string of the molecule is Nc1cc(NC(Cc2ccco2)c2ccccc2)cc2ncnn12. The molecule has 4 rings (SSSR count). The van der Waals surface area contributed by atoms with E-state index in [0.29, 0.717) is 11.5 Å². The smallest absolute Gasteiger partial charge is 0.159 e. The summed E-state index contributed by atoms with van der Waals surface area (Å²) in [5.74, 6) is 1.46. The predicted molar refractivity (Wildman–Crippen MR) is 92.6 cm³/mol. The van der Waals surface area contributed by atoms with E-state index in [1.54, 1.807) is 10.8 Å². The van der Waals surface area contributed by atoms with E-state index in [0.717, 1.165) is 17.9 Å². The number of pyridine rings is 1. The Bertz CT molecular complexity index is 931. The molecule has 0 spiro atoms. The number of nitrogens with two attached hydrogens (primary N) is 1. The molecule has 0 aliphatic rings. The molecule has 0 bridgehead atoms. The number of hydrogen-bond acceptors (Lipinski definition) is 5. The second kappa shape index (κ2) is 6.08. The molecule has 3 N–H and O–H groups in total. The number of rotatable bonds is 5. The fourth-order valence-electron chi connectivity index (χ4n) is 2.80. The molecule has 6 heteroatoms. The minimum Gasteiger partial charge on any atom is -0.469 e. The van der Waals surface area contributed by atoms with Gasteiger partial charge in [-0.15, -0.1) is 0 Å². The van der Waals surface area contributed by atoms with Crippen molar-refractivity contribution in [2.75, 3.05) is 11.1 Å².